The van der Waals surface area contributed by atoms with E-state index in [9.17, 15) is 34.4 Å². The number of hydroxylamine groups is 4. The molecule has 0 spiro atoms. The maximum absolute atomic E-state index is 14.6. The van der Waals surface area contributed by atoms with E-state index in [1.807, 2.05) is 97.9 Å². The Morgan fingerprint density at radius 1 is 0.803 bits per heavy atom. The van der Waals surface area contributed by atoms with Gasteiger partial charge < -0.3 is 46.1 Å². The van der Waals surface area contributed by atoms with Crippen molar-refractivity contribution in [1.82, 2.24) is 36.3 Å². The molecule has 16 heteroatoms. The molecule has 0 bridgehead atoms. The highest BCUT2D eigenvalue weighted by molar-refractivity contribution is 6.00. The van der Waals surface area contributed by atoms with E-state index in [-0.39, 0.29) is 37.3 Å². The van der Waals surface area contributed by atoms with Crippen molar-refractivity contribution in [3.8, 4) is 0 Å². The fourth-order valence-corrected chi connectivity index (χ4v) is 10.2. The maximum Gasteiger partial charge on any atom is 0.408 e. The number of carbonyl (C=O) groups excluding carboxylic acids is 5. The van der Waals surface area contributed by atoms with Gasteiger partial charge in [0, 0.05) is 54.1 Å². The standard InChI is InChI=1S/C50H83N7O9/c1-33(2)27-36(53-45(62)66-46(3,4)5)24-23-35(28-34-19-15-14-16-20-34)43(60)55-26-18-22-40(55)54-42(59)39(41(58)52-37-29-47(6,7)56(63)48(8,9)30-37)21-17-25-51-44(61)65-38-31-49(10,11)57(64)50(12,13)32-38/h14-16,19-20,23-24,33,35-40,63-64H,17-18,21-22,25-32H2,1-13H3,(H,51,61)(H,52,58)(H,53,62)(H,54,59)/b24-23+/t35-,36-,39+,40+/m1/s1. The first-order chi connectivity index (χ1) is 30.5. The number of carbonyl (C=O) groups is 5. The smallest absolute Gasteiger partial charge is 0.408 e. The number of nitrogens with zero attached hydrogens (tertiary/aromatic N) is 3. The van der Waals surface area contributed by atoms with Crippen molar-refractivity contribution in [2.24, 2.45) is 17.8 Å². The molecular weight excluding hydrogens is 843 g/mol. The predicted molar refractivity (Wildman–Crippen MR) is 253 cm³/mol. The van der Waals surface area contributed by atoms with E-state index >= 15 is 0 Å². The lowest BCUT2D eigenvalue weighted by Gasteiger charge is -2.51. The largest absolute Gasteiger partial charge is 0.446 e. The number of nitrogens with one attached hydrogen (secondary N) is 4. The summed E-state index contributed by atoms with van der Waals surface area (Å²) in [6, 6.07) is 8.98. The molecule has 0 radical (unpaired) electrons. The van der Waals surface area contributed by atoms with Crippen molar-refractivity contribution in [2.75, 3.05) is 13.1 Å². The Morgan fingerprint density at radius 2 is 1.36 bits per heavy atom. The highest BCUT2D eigenvalue weighted by Crippen LogP contribution is 2.39. The number of alkyl carbamates (subject to hydrolysis) is 2. The van der Waals surface area contributed by atoms with E-state index in [0.717, 1.165) is 5.56 Å². The van der Waals surface area contributed by atoms with Crippen molar-refractivity contribution < 1.29 is 43.9 Å². The quantitative estimate of drug-likeness (QED) is 0.0514. The average Bonchev–Trinajstić information content (AvgIpc) is 3.63. The maximum atomic E-state index is 14.6. The van der Waals surface area contributed by atoms with Crippen LogP contribution in [-0.2, 0) is 30.3 Å². The van der Waals surface area contributed by atoms with Gasteiger partial charge in [0.2, 0.25) is 17.7 Å². The normalized spacial score (nSPS) is 22.6. The Kier molecular flexibility index (Phi) is 18.3. The second-order valence-electron chi connectivity index (χ2n) is 22.8. The zero-order valence-electron chi connectivity index (χ0n) is 42.2. The first-order valence-corrected chi connectivity index (χ1v) is 24.1. The summed E-state index contributed by atoms with van der Waals surface area (Å²) in [6.45, 7) is 25.3. The van der Waals surface area contributed by atoms with Crippen LogP contribution in [0.1, 0.15) is 153 Å². The van der Waals surface area contributed by atoms with Crippen LogP contribution in [0.5, 0.6) is 0 Å². The molecule has 0 saturated carbocycles. The fourth-order valence-electron chi connectivity index (χ4n) is 10.2. The molecule has 66 heavy (non-hydrogen) atoms. The Labute approximate surface area is 394 Å². The van der Waals surface area contributed by atoms with E-state index in [1.165, 1.54) is 10.1 Å². The van der Waals surface area contributed by atoms with E-state index in [2.05, 4.69) is 35.1 Å². The van der Waals surface area contributed by atoms with E-state index in [4.69, 9.17) is 9.47 Å². The van der Waals surface area contributed by atoms with Gasteiger partial charge in [-0.2, -0.15) is 10.1 Å². The SMILES string of the molecule is CC(C)C[C@@H](/C=C/[C@H](Cc1ccccc1)C(=O)N1CCC[C@H]1NC(=O)[C@@H](CCCNC(=O)OC1CC(C)(C)N(O)C(C)(C)C1)C(=O)NC1CC(C)(C)N(O)C(C)(C)C1)NC(=O)OC(C)(C)C. The van der Waals surface area contributed by atoms with Crippen LogP contribution in [0.25, 0.3) is 0 Å². The molecule has 6 N–H and O–H groups in total. The van der Waals surface area contributed by atoms with Gasteiger partial charge in [-0.15, -0.1) is 0 Å². The molecule has 1 aromatic carbocycles. The van der Waals surface area contributed by atoms with Gasteiger partial charge in [0.1, 0.15) is 23.8 Å². The highest BCUT2D eigenvalue weighted by Gasteiger charge is 2.48. The lowest BCUT2D eigenvalue weighted by atomic mass is 9.78. The lowest BCUT2D eigenvalue weighted by Crippen LogP contribution is -2.63. The zero-order chi connectivity index (χ0) is 49.4. The van der Waals surface area contributed by atoms with Gasteiger partial charge in [0.05, 0.1) is 12.0 Å². The van der Waals surface area contributed by atoms with Crippen LogP contribution >= 0.6 is 0 Å². The van der Waals surface area contributed by atoms with E-state index < -0.39 is 81.9 Å². The molecule has 0 unspecified atom stereocenters. The van der Waals surface area contributed by atoms with Crippen LogP contribution < -0.4 is 21.3 Å². The number of likely N-dealkylation sites (tertiary alicyclic amines) is 1. The lowest BCUT2D eigenvalue weighted by molar-refractivity contribution is -0.256. The van der Waals surface area contributed by atoms with Crippen molar-refractivity contribution >= 4 is 29.9 Å². The first kappa shape index (κ1) is 54.4. The van der Waals surface area contributed by atoms with Gasteiger partial charge in [-0.05, 0) is 139 Å². The minimum absolute atomic E-state index is 0.106. The molecule has 3 fully saturated rings. The van der Waals surface area contributed by atoms with Crippen molar-refractivity contribution in [3.05, 3.63) is 48.0 Å². The molecule has 3 heterocycles. The fraction of sp³-hybridized carbons (Fsp3) is 0.740. The number of amides is 5. The second-order valence-corrected chi connectivity index (χ2v) is 22.8. The Bertz CT molecular complexity index is 1810. The molecular formula is C50H83N7O9. The minimum atomic E-state index is -1.15. The van der Waals surface area contributed by atoms with Crippen LogP contribution in [-0.4, -0.2) is 121 Å². The molecule has 5 amide bonds. The van der Waals surface area contributed by atoms with Gasteiger partial charge in [-0.1, -0.05) is 56.3 Å². The van der Waals surface area contributed by atoms with Gasteiger partial charge in [0.25, 0.3) is 0 Å². The molecule has 1 aromatic rings. The third kappa shape index (κ3) is 15.7. The zero-order valence-corrected chi connectivity index (χ0v) is 42.2. The summed E-state index contributed by atoms with van der Waals surface area (Å²) in [5.74, 6) is -2.70. The summed E-state index contributed by atoms with van der Waals surface area (Å²) in [5, 5.41) is 36.2. The average molecular weight is 926 g/mol. The molecule has 0 aliphatic carbocycles. The van der Waals surface area contributed by atoms with Crippen molar-refractivity contribution in [1.29, 1.82) is 0 Å². The van der Waals surface area contributed by atoms with Crippen LogP contribution in [0.3, 0.4) is 0 Å². The van der Waals surface area contributed by atoms with Crippen LogP contribution in [0, 0.1) is 17.8 Å². The van der Waals surface area contributed by atoms with Gasteiger partial charge >= 0.3 is 12.2 Å². The Morgan fingerprint density at radius 3 is 1.92 bits per heavy atom. The number of ether oxygens (including phenoxy) is 2. The molecule has 372 valence electrons. The summed E-state index contributed by atoms with van der Waals surface area (Å²) in [7, 11) is 0. The second kappa shape index (κ2) is 22.2. The van der Waals surface area contributed by atoms with Crippen LogP contribution in [0.15, 0.2) is 42.5 Å². The summed E-state index contributed by atoms with van der Waals surface area (Å²) in [4.78, 5) is 70.9. The molecule has 0 aromatic heterocycles. The third-order valence-electron chi connectivity index (χ3n) is 12.9. The van der Waals surface area contributed by atoms with Gasteiger partial charge in [-0.3, -0.25) is 14.4 Å². The Balaban J connectivity index is 1.51. The topological polar surface area (TPSA) is 202 Å². The molecule has 3 aliphatic rings. The van der Waals surface area contributed by atoms with Gasteiger partial charge in [-0.25, -0.2) is 9.59 Å². The summed E-state index contributed by atoms with van der Waals surface area (Å²) < 4.78 is 11.3. The van der Waals surface area contributed by atoms with E-state index in [0.29, 0.717) is 57.9 Å². The van der Waals surface area contributed by atoms with Gasteiger partial charge in [0.15, 0.2) is 0 Å². The molecule has 4 atom stereocenters. The number of piperidine rings is 2. The van der Waals surface area contributed by atoms with Crippen LogP contribution in [0.2, 0.25) is 0 Å². The Hall–Kier alpha value is -4.25. The molecule has 4 rings (SSSR count). The highest BCUT2D eigenvalue weighted by atomic mass is 16.6. The third-order valence-corrected chi connectivity index (χ3v) is 12.9. The van der Waals surface area contributed by atoms with Crippen molar-refractivity contribution in [2.45, 2.75) is 206 Å². The molecule has 3 aliphatic heterocycles. The summed E-state index contributed by atoms with van der Waals surface area (Å²) >= 11 is 0. The number of benzene rings is 1. The number of rotatable bonds is 17. The van der Waals surface area contributed by atoms with Crippen molar-refractivity contribution in [3.63, 3.8) is 0 Å². The predicted octanol–water partition coefficient (Wildman–Crippen LogP) is 7.47. The first-order valence-electron chi connectivity index (χ1n) is 24.1. The molecule has 16 nitrogen and oxygen atoms in total. The minimum Gasteiger partial charge on any atom is -0.446 e. The van der Waals surface area contributed by atoms with E-state index in [1.54, 1.807) is 25.7 Å². The summed E-state index contributed by atoms with van der Waals surface area (Å²) in [5.41, 5.74) is -2.21. The summed E-state index contributed by atoms with van der Waals surface area (Å²) in [6.07, 6.45) is 5.82. The number of hydrogen-bond donors (Lipinski definition) is 6. The number of hydrogen-bond acceptors (Lipinski definition) is 11. The molecule has 3 saturated heterocycles. The monoisotopic (exact) mass is 926 g/mol. The van der Waals surface area contributed by atoms with Crippen LogP contribution in [0.4, 0.5) is 9.59 Å².